The van der Waals surface area contributed by atoms with Gasteiger partial charge in [-0.15, -0.1) is 11.3 Å². The molecule has 0 aliphatic heterocycles. The molecule has 0 aliphatic rings. The number of hydrogen-bond donors (Lipinski definition) is 1. The van der Waals surface area contributed by atoms with Gasteiger partial charge in [-0.3, -0.25) is 0 Å². The van der Waals surface area contributed by atoms with E-state index in [9.17, 15) is 4.39 Å². The van der Waals surface area contributed by atoms with Crippen LogP contribution in [0, 0.1) is 12.7 Å². The van der Waals surface area contributed by atoms with Crippen LogP contribution >= 0.6 is 11.3 Å². The van der Waals surface area contributed by atoms with Crippen molar-refractivity contribution in [1.29, 1.82) is 0 Å². The lowest BCUT2D eigenvalue weighted by atomic mass is 10.0. The molecular weight excluding hydrogens is 403 g/mol. The number of fused-ring (bicyclic) bond motifs is 1. The van der Waals surface area contributed by atoms with E-state index in [4.69, 9.17) is 4.98 Å². The lowest BCUT2D eigenvalue weighted by Crippen LogP contribution is -2.02. The first-order chi connectivity index (χ1) is 15.2. The van der Waals surface area contributed by atoms with Crippen molar-refractivity contribution < 1.29 is 4.39 Å². The first kappa shape index (κ1) is 19.5. The summed E-state index contributed by atoms with van der Waals surface area (Å²) in [7, 11) is 0. The van der Waals surface area contributed by atoms with Crippen LogP contribution in [0.25, 0.3) is 32.3 Å². The summed E-state index contributed by atoms with van der Waals surface area (Å²) in [4.78, 5) is 4.80. The van der Waals surface area contributed by atoms with Gasteiger partial charge in [-0.25, -0.2) is 9.37 Å². The molecule has 2 aromatic heterocycles. The molecule has 0 spiro atoms. The van der Waals surface area contributed by atoms with Gasteiger partial charge >= 0.3 is 0 Å². The summed E-state index contributed by atoms with van der Waals surface area (Å²) in [5.74, 6) is 0.627. The van der Waals surface area contributed by atoms with E-state index in [0.717, 1.165) is 38.2 Å². The number of halogens is 1. The third kappa shape index (κ3) is 3.94. The van der Waals surface area contributed by atoms with Crippen LogP contribution in [0.5, 0.6) is 0 Å². The van der Waals surface area contributed by atoms with Crippen LogP contribution in [-0.4, -0.2) is 4.98 Å². The van der Waals surface area contributed by atoms with E-state index in [1.165, 1.54) is 23.3 Å². The minimum Gasteiger partial charge on any atom is -0.365 e. The molecule has 2 nitrogen and oxygen atoms in total. The highest BCUT2D eigenvalue weighted by Gasteiger charge is 2.16. The number of anilines is 1. The number of pyridine rings is 1. The Hall–Kier alpha value is -3.50. The third-order valence-electron chi connectivity index (χ3n) is 5.42. The third-order valence-corrected chi connectivity index (χ3v) is 6.43. The molecule has 31 heavy (non-hydrogen) atoms. The Balaban J connectivity index is 1.65. The zero-order valence-electron chi connectivity index (χ0n) is 17.1. The van der Waals surface area contributed by atoms with Crippen molar-refractivity contribution in [2.24, 2.45) is 0 Å². The molecule has 0 saturated heterocycles. The van der Waals surface area contributed by atoms with Gasteiger partial charge in [-0.1, -0.05) is 72.3 Å². The van der Waals surface area contributed by atoms with Gasteiger partial charge in [0.25, 0.3) is 0 Å². The molecule has 5 rings (SSSR count). The topological polar surface area (TPSA) is 24.9 Å². The highest BCUT2D eigenvalue weighted by Crippen LogP contribution is 2.42. The van der Waals surface area contributed by atoms with Crippen molar-refractivity contribution >= 4 is 27.2 Å². The van der Waals surface area contributed by atoms with E-state index in [0.29, 0.717) is 6.54 Å². The Morgan fingerprint density at radius 2 is 1.52 bits per heavy atom. The highest BCUT2D eigenvalue weighted by atomic mass is 32.1. The molecule has 0 amide bonds. The fourth-order valence-electron chi connectivity index (χ4n) is 3.74. The maximum absolute atomic E-state index is 13.5. The zero-order chi connectivity index (χ0) is 21.2. The van der Waals surface area contributed by atoms with Crippen molar-refractivity contribution in [3.8, 4) is 22.3 Å². The van der Waals surface area contributed by atoms with E-state index >= 15 is 0 Å². The van der Waals surface area contributed by atoms with E-state index in [1.807, 2.05) is 36.5 Å². The smallest absolute Gasteiger partial charge is 0.135 e. The first-order valence-corrected chi connectivity index (χ1v) is 11.1. The Kier molecular flexibility index (Phi) is 5.23. The second kappa shape index (κ2) is 8.32. The molecule has 3 aromatic carbocycles. The molecular formula is C27H21FN2S. The Labute approximate surface area is 185 Å². The van der Waals surface area contributed by atoms with Gasteiger partial charge in [0.05, 0.1) is 0 Å². The van der Waals surface area contributed by atoms with Gasteiger partial charge in [-0.2, -0.15) is 0 Å². The number of nitrogens with one attached hydrogen (secondary N) is 1. The molecule has 4 heteroatoms. The van der Waals surface area contributed by atoms with Crippen LogP contribution in [0.2, 0.25) is 0 Å². The monoisotopic (exact) mass is 424 g/mol. The second-order valence-electron chi connectivity index (χ2n) is 7.59. The standard InChI is InChI=1S/C27H21FN2S/c1-18-7-9-21(10-8-18)24-17-31-26-23(20-11-13-22(28)14-12-20)16-30-27(25(24)26)29-15-19-5-3-2-4-6-19/h2-14,16-17H,15H2,1H3,(H,29,30). The molecule has 5 aromatic rings. The summed E-state index contributed by atoms with van der Waals surface area (Å²) < 4.78 is 14.6. The van der Waals surface area contributed by atoms with Crippen LogP contribution in [-0.2, 0) is 6.54 Å². The van der Waals surface area contributed by atoms with Crippen molar-refractivity contribution in [1.82, 2.24) is 4.98 Å². The van der Waals surface area contributed by atoms with Gasteiger partial charge in [0.1, 0.15) is 11.6 Å². The van der Waals surface area contributed by atoms with Crippen molar-refractivity contribution in [2.75, 3.05) is 5.32 Å². The number of thiophene rings is 1. The molecule has 0 bridgehead atoms. The average Bonchev–Trinajstić information content (AvgIpc) is 3.25. The van der Waals surface area contributed by atoms with E-state index in [-0.39, 0.29) is 5.82 Å². The fourth-order valence-corrected chi connectivity index (χ4v) is 4.85. The quantitative estimate of drug-likeness (QED) is 0.313. The molecule has 1 N–H and O–H groups in total. The number of rotatable bonds is 5. The van der Waals surface area contributed by atoms with Crippen LogP contribution in [0.4, 0.5) is 10.2 Å². The maximum atomic E-state index is 13.5. The molecule has 0 atom stereocenters. The summed E-state index contributed by atoms with van der Waals surface area (Å²) >= 11 is 1.70. The van der Waals surface area contributed by atoms with Gasteiger partial charge < -0.3 is 5.32 Å². The average molecular weight is 425 g/mol. The van der Waals surface area contributed by atoms with Gasteiger partial charge in [0.2, 0.25) is 0 Å². The Morgan fingerprint density at radius 3 is 2.26 bits per heavy atom. The largest absolute Gasteiger partial charge is 0.365 e. The summed E-state index contributed by atoms with van der Waals surface area (Å²) in [5.41, 5.74) is 6.74. The number of aryl methyl sites for hydroxylation is 1. The van der Waals surface area contributed by atoms with E-state index < -0.39 is 0 Å². The number of benzene rings is 3. The number of aromatic nitrogens is 1. The number of nitrogens with zero attached hydrogens (tertiary/aromatic N) is 1. The minimum atomic E-state index is -0.236. The van der Waals surface area contributed by atoms with Crippen LogP contribution in [0.3, 0.4) is 0 Å². The highest BCUT2D eigenvalue weighted by molar-refractivity contribution is 7.18. The zero-order valence-corrected chi connectivity index (χ0v) is 17.9. The Morgan fingerprint density at radius 1 is 0.839 bits per heavy atom. The SMILES string of the molecule is Cc1ccc(-c2csc3c(-c4ccc(F)cc4)cnc(NCc4ccccc4)c23)cc1. The molecule has 0 saturated carbocycles. The summed E-state index contributed by atoms with van der Waals surface area (Å²) in [6, 6.07) is 25.5. The maximum Gasteiger partial charge on any atom is 0.135 e. The first-order valence-electron chi connectivity index (χ1n) is 10.2. The second-order valence-corrected chi connectivity index (χ2v) is 8.47. The molecule has 0 unspecified atom stereocenters. The predicted octanol–water partition coefficient (Wildman–Crippen LogP) is 7.69. The minimum absolute atomic E-state index is 0.236. The van der Waals surface area contributed by atoms with Crippen LogP contribution in [0.15, 0.2) is 90.4 Å². The normalized spacial score (nSPS) is 11.0. The van der Waals surface area contributed by atoms with Crippen molar-refractivity contribution in [2.45, 2.75) is 13.5 Å². The van der Waals surface area contributed by atoms with Crippen LogP contribution in [0.1, 0.15) is 11.1 Å². The molecule has 0 aliphatic carbocycles. The molecule has 152 valence electrons. The van der Waals surface area contributed by atoms with Crippen molar-refractivity contribution in [3.63, 3.8) is 0 Å². The lowest BCUT2D eigenvalue weighted by molar-refractivity contribution is 0.628. The van der Waals surface area contributed by atoms with Gasteiger partial charge in [-0.05, 0) is 41.1 Å². The molecule has 2 heterocycles. The molecule has 0 radical (unpaired) electrons. The number of hydrogen-bond acceptors (Lipinski definition) is 3. The summed E-state index contributed by atoms with van der Waals surface area (Å²) in [6.45, 7) is 2.79. The van der Waals surface area contributed by atoms with Gasteiger partial charge in [0.15, 0.2) is 0 Å². The van der Waals surface area contributed by atoms with Crippen molar-refractivity contribution in [3.05, 3.63) is 107 Å². The van der Waals surface area contributed by atoms with Gasteiger partial charge in [0, 0.05) is 34.0 Å². The predicted molar refractivity (Wildman–Crippen MR) is 129 cm³/mol. The van der Waals surface area contributed by atoms with E-state index in [2.05, 4.69) is 54.0 Å². The molecule has 0 fully saturated rings. The van der Waals surface area contributed by atoms with Crippen LogP contribution < -0.4 is 5.32 Å². The summed E-state index contributed by atoms with van der Waals surface area (Å²) in [5, 5.41) is 6.83. The fraction of sp³-hybridized carbons (Fsp3) is 0.0741. The summed E-state index contributed by atoms with van der Waals surface area (Å²) in [6.07, 6.45) is 1.89. The lowest BCUT2D eigenvalue weighted by Gasteiger charge is -2.12. The Bertz CT molecular complexity index is 1320. The van der Waals surface area contributed by atoms with E-state index in [1.54, 1.807) is 11.3 Å².